The van der Waals surface area contributed by atoms with Gasteiger partial charge in [-0.1, -0.05) is 35.9 Å². The molecule has 0 saturated heterocycles. The Labute approximate surface area is 112 Å². The van der Waals surface area contributed by atoms with Gasteiger partial charge in [-0.15, -0.1) is 0 Å². The van der Waals surface area contributed by atoms with Crippen molar-refractivity contribution in [3.05, 3.63) is 58.6 Å². The topological polar surface area (TPSA) is 12.0 Å². The first kappa shape index (κ1) is 11.4. The SMILES string of the molecule is CC1=C(C)c2ccc(Cl)cc2Nc2ccccc21. The lowest BCUT2D eigenvalue weighted by Gasteiger charge is -2.10. The van der Waals surface area contributed by atoms with Crippen molar-refractivity contribution in [1.29, 1.82) is 0 Å². The molecule has 18 heavy (non-hydrogen) atoms. The molecule has 1 aliphatic rings. The molecule has 2 aromatic rings. The summed E-state index contributed by atoms with van der Waals surface area (Å²) < 4.78 is 0. The molecule has 1 aliphatic heterocycles. The van der Waals surface area contributed by atoms with Crippen LogP contribution in [0, 0.1) is 0 Å². The highest BCUT2D eigenvalue weighted by Crippen LogP contribution is 2.39. The Morgan fingerprint density at radius 1 is 0.833 bits per heavy atom. The van der Waals surface area contributed by atoms with Crippen molar-refractivity contribution in [1.82, 2.24) is 0 Å². The van der Waals surface area contributed by atoms with E-state index in [9.17, 15) is 0 Å². The standard InChI is InChI=1S/C16H14ClN/c1-10-11(2)14-8-7-12(17)9-16(14)18-15-6-4-3-5-13(10)15/h3-9,18H,1-2H3. The molecule has 3 rings (SSSR count). The van der Waals surface area contributed by atoms with Gasteiger partial charge in [-0.05, 0) is 43.2 Å². The number of allylic oxidation sites excluding steroid dienone is 2. The number of benzene rings is 2. The lowest BCUT2D eigenvalue weighted by atomic mass is 9.97. The van der Waals surface area contributed by atoms with Gasteiger partial charge >= 0.3 is 0 Å². The van der Waals surface area contributed by atoms with E-state index in [0.717, 1.165) is 16.4 Å². The molecule has 1 nitrogen and oxygen atoms in total. The van der Waals surface area contributed by atoms with E-state index < -0.39 is 0 Å². The predicted octanol–water partition coefficient (Wildman–Crippen LogP) is 5.35. The van der Waals surface area contributed by atoms with E-state index in [1.54, 1.807) is 0 Å². The predicted molar refractivity (Wildman–Crippen MR) is 79.3 cm³/mol. The molecule has 1 heterocycles. The first-order chi connectivity index (χ1) is 8.66. The van der Waals surface area contributed by atoms with E-state index in [-0.39, 0.29) is 0 Å². The second-order valence-corrected chi connectivity index (χ2v) is 5.05. The molecule has 90 valence electrons. The van der Waals surface area contributed by atoms with Crippen molar-refractivity contribution < 1.29 is 0 Å². The molecule has 0 unspecified atom stereocenters. The van der Waals surface area contributed by atoms with Crippen molar-refractivity contribution in [2.24, 2.45) is 0 Å². The number of hydrogen-bond acceptors (Lipinski definition) is 1. The Bertz CT molecular complexity index is 656. The molecule has 0 aromatic heterocycles. The minimum Gasteiger partial charge on any atom is -0.354 e. The second-order valence-electron chi connectivity index (χ2n) is 4.61. The summed E-state index contributed by atoms with van der Waals surface area (Å²) in [7, 11) is 0. The van der Waals surface area contributed by atoms with Crippen LogP contribution in [0.25, 0.3) is 11.1 Å². The first-order valence-corrected chi connectivity index (χ1v) is 6.38. The maximum absolute atomic E-state index is 6.09. The fourth-order valence-electron chi connectivity index (χ4n) is 2.42. The molecule has 1 N–H and O–H groups in total. The average Bonchev–Trinajstić information content (AvgIpc) is 2.47. The first-order valence-electron chi connectivity index (χ1n) is 6.00. The lowest BCUT2D eigenvalue weighted by Crippen LogP contribution is -1.93. The third kappa shape index (κ3) is 1.72. The molecule has 0 bridgehead atoms. The van der Waals surface area contributed by atoms with Crippen molar-refractivity contribution in [2.75, 3.05) is 5.32 Å². The summed E-state index contributed by atoms with van der Waals surface area (Å²) in [6.45, 7) is 4.32. The quantitative estimate of drug-likeness (QED) is 0.669. The Hall–Kier alpha value is -1.73. The average molecular weight is 256 g/mol. The van der Waals surface area contributed by atoms with Crippen LogP contribution < -0.4 is 5.32 Å². The molecular formula is C16H14ClN. The van der Waals surface area contributed by atoms with E-state index >= 15 is 0 Å². The van der Waals surface area contributed by atoms with E-state index in [1.165, 1.54) is 22.3 Å². The summed E-state index contributed by atoms with van der Waals surface area (Å²) in [6.07, 6.45) is 0. The van der Waals surface area contributed by atoms with Gasteiger partial charge in [0, 0.05) is 27.5 Å². The van der Waals surface area contributed by atoms with Gasteiger partial charge in [0.05, 0.1) is 0 Å². The maximum atomic E-state index is 6.09. The second kappa shape index (κ2) is 4.18. The molecule has 0 atom stereocenters. The number of fused-ring (bicyclic) bond motifs is 2. The zero-order valence-electron chi connectivity index (χ0n) is 10.4. The van der Waals surface area contributed by atoms with E-state index in [0.29, 0.717) is 0 Å². The number of anilines is 2. The molecule has 0 radical (unpaired) electrons. The molecule has 0 aliphatic carbocycles. The summed E-state index contributed by atoms with van der Waals surface area (Å²) >= 11 is 6.09. The van der Waals surface area contributed by atoms with E-state index in [1.807, 2.05) is 18.2 Å². The van der Waals surface area contributed by atoms with Crippen LogP contribution in [0.5, 0.6) is 0 Å². The zero-order chi connectivity index (χ0) is 12.7. The Morgan fingerprint density at radius 3 is 2.28 bits per heavy atom. The van der Waals surface area contributed by atoms with Crippen LogP contribution in [0.15, 0.2) is 42.5 Å². The Morgan fingerprint density at radius 2 is 1.50 bits per heavy atom. The molecule has 0 saturated carbocycles. The summed E-state index contributed by atoms with van der Waals surface area (Å²) in [5, 5.41) is 4.23. The third-order valence-corrected chi connectivity index (χ3v) is 3.78. The van der Waals surface area contributed by atoms with Gasteiger partial charge in [0.15, 0.2) is 0 Å². The fourth-order valence-corrected chi connectivity index (χ4v) is 2.59. The molecule has 2 heteroatoms. The Kier molecular flexibility index (Phi) is 2.64. The van der Waals surface area contributed by atoms with Crippen LogP contribution in [0.4, 0.5) is 11.4 Å². The number of halogens is 1. The minimum absolute atomic E-state index is 0.756. The van der Waals surface area contributed by atoms with Crippen molar-refractivity contribution in [2.45, 2.75) is 13.8 Å². The molecule has 0 amide bonds. The molecule has 2 aromatic carbocycles. The van der Waals surface area contributed by atoms with Crippen molar-refractivity contribution in [3.63, 3.8) is 0 Å². The molecule has 0 fully saturated rings. The van der Waals surface area contributed by atoms with Gasteiger partial charge in [-0.25, -0.2) is 0 Å². The summed E-state index contributed by atoms with van der Waals surface area (Å²) in [4.78, 5) is 0. The summed E-state index contributed by atoms with van der Waals surface area (Å²) in [6, 6.07) is 14.4. The highest BCUT2D eigenvalue weighted by molar-refractivity contribution is 6.31. The highest BCUT2D eigenvalue weighted by atomic mass is 35.5. The van der Waals surface area contributed by atoms with Gasteiger partial charge in [0.1, 0.15) is 0 Å². The van der Waals surface area contributed by atoms with Crippen LogP contribution in [-0.4, -0.2) is 0 Å². The number of hydrogen-bond donors (Lipinski definition) is 1. The summed E-state index contributed by atoms with van der Waals surface area (Å²) in [5.41, 5.74) is 7.27. The fraction of sp³-hybridized carbons (Fsp3) is 0.125. The minimum atomic E-state index is 0.756. The lowest BCUT2D eigenvalue weighted by molar-refractivity contribution is 1.51. The smallest absolute Gasteiger partial charge is 0.0475 e. The summed E-state index contributed by atoms with van der Waals surface area (Å²) in [5.74, 6) is 0. The van der Waals surface area contributed by atoms with Gasteiger partial charge < -0.3 is 5.32 Å². The molecular weight excluding hydrogens is 242 g/mol. The monoisotopic (exact) mass is 255 g/mol. The molecule has 0 spiro atoms. The maximum Gasteiger partial charge on any atom is 0.0475 e. The largest absolute Gasteiger partial charge is 0.354 e. The highest BCUT2D eigenvalue weighted by Gasteiger charge is 2.16. The number of rotatable bonds is 0. The van der Waals surface area contributed by atoms with Crippen LogP contribution >= 0.6 is 11.6 Å². The third-order valence-electron chi connectivity index (χ3n) is 3.55. The van der Waals surface area contributed by atoms with Crippen molar-refractivity contribution >= 4 is 34.1 Å². The van der Waals surface area contributed by atoms with Crippen LogP contribution in [0.3, 0.4) is 0 Å². The van der Waals surface area contributed by atoms with Gasteiger partial charge in [0.25, 0.3) is 0 Å². The van der Waals surface area contributed by atoms with Gasteiger partial charge in [0.2, 0.25) is 0 Å². The normalized spacial score (nSPS) is 13.5. The van der Waals surface area contributed by atoms with Gasteiger partial charge in [-0.3, -0.25) is 0 Å². The number of para-hydroxylation sites is 1. The van der Waals surface area contributed by atoms with Crippen molar-refractivity contribution in [3.8, 4) is 0 Å². The zero-order valence-corrected chi connectivity index (χ0v) is 11.2. The van der Waals surface area contributed by atoms with E-state index in [2.05, 4.69) is 43.4 Å². The van der Waals surface area contributed by atoms with Crippen LogP contribution in [0.1, 0.15) is 25.0 Å². The Balaban J connectivity index is 2.31. The van der Waals surface area contributed by atoms with Crippen LogP contribution in [0.2, 0.25) is 5.02 Å². The number of nitrogens with one attached hydrogen (secondary N) is 1. The van der Waals surface area contributed by atoms with Crippen LogP contribution in [-0.2, 0) is 0 Å². The van der Waals surface area contributed by atoms with E-state index in [4.69, 9.17) is 11.6 Å². The van der Waals surface area contributed by atoms with Gasteiger partial charge in [-0.2, -0.15) is 0 Å².